The molecule has 2 bridgehead atoms. The van der Waals surface area contributed by atoms with Crippen LogP contribution in [0.15, 0.2) is 41.5 Å². The third kappa shape index (κ3) is 3.30. The third-order valence-electron chi connectivity index (χ3n) is 9.92. The molecule has 1 saturated heterocycles. The van der Waals surface area contributed by atoms with E-state index in [1.165, 1.54) is 12.1 Å². The SMILES string of the molecule is CC1=C[C@]23C(=O)[C@@H](C=C4COC(C)(C)O[C@H]4[C@]2(O)[C@H]1Oc1cccc(C(F)(F)F)n1)[C@H]1[C@@H](C[C@H]3C)C1(C)C. The van der Waals surface area contributed by atoms with Gasteiger partial charge in [0.05, 0.1) is 12.0 Å². The minimum atomic E-state index is -4.66. The number of pyridine rings is 1. The van der Waals surface area contributed by atoms with Gasteiger partial charge < -0.3 is 19.3 Å². The number of rotatable bonds is 2. The summed E-state index contributed by atoms with van der Waals surface area (Å²) in [6, 6.07) is 3.42. The standard InChI is InChI=1S/C29H34F3NO5/c1-14-12-27-15(2)10-18-21(25(18,3)4)17(22(27)34)11-16-13-36-26(5,6)38-24(16)28(27,35)23(14)37-20-9-7-8-19(33-20)29(30,31)32/h7-9,11-12,15,17-18,21,23-24,35H,10,13H2,1-6H3/t15-,17+,18-,21+,23+,24-,27+,28-/m1/s1. The zero-order chi connectivity index (χ0) is 27.6. The molecule has 38 heavy (non-hydrogen) atoms. The van der Waals surface area contributed by atoms with Gasteiger partial charge in [0.15, 0.2) is 23.3 Å². The summed E-state index contributed by atoms with van der Waals surface area (Å²) >= 11 is 0. The fourth-order valence-corrected chi connectivity index (χ4v) is 8.06. The zero-order valence-corrected chi connectivity index (χ0v) is 22.4. The molecule has 4 aliphatic carbocycles. The number of alkyl halides is 3. The Kier molecular flexibility index (Phi) is 5.27. The average Bonchev–Trinajstić information content (AvgIpc) is 3.31. The molecule has 206 valence electrons. The van der Waals surface area contributed by atoms with Crippen LogP contribution in [0.4, 0.5) is 13.2 Å². The van der Waals surface area contributed by atoms with Crippen LogP contribution >= 0.6 is 0 Å². The van der Waals surface area contributed by atoms with Crippen molar-refractivity contribution < 1.29 is 37.3 Å². The molecule has 1 aliphatic heterocycles. The molecule has 0 unspecified atom stereocenters. The second kappa shape index (κ2) is 7.70. The minimum absolute atomic E-state index is 0.0178. The maximum absolute atomic E-state index is 14.7. The quantitative estimate of drug-likeness (QED) is 0.533. The van der Waals surface area contributed by atoms with Crippen LogP contribution in [0, 0.1) is 34.5 Å². The Morgan fingerprint density at radius 3 is 2.58 bits per heavy atom. The van der Waals surface area contributed by atoms with Crippen LogP contribution in [-0.4, -0.2) is 46.1 Å². The fraction of sp³-hybridized carbons (Fsp3) is 0.655. The van der Waals surface area contributed by atoms with E-state index in [9.17, 15) is 23.1 Å². The molecule has 6 nitrogen and oxygen atoms in total. The molecule has 1 aromatic heterocycles. The number of halogens is 3. The number of hydrogen-bond donors (Lipinski definition) is 1. The van der Waals surface area contributed by atoms with Crippen molar-refractivity contribution in [3.63, 3.8) is 0 Å². The van der Waals surface area contributed by atoms with Crippen molar-refractivity contribution in [2.75, 3.05) is 6.61 Å². The van der Waals surface area contributed by atoms with Crippen LogP contribution in [0.5, 0.6) is 5.88 Å². The number of allylic oxidation sites excluding steroid dienone is 1. The summed E-state index contributed by atoms with van der Waals surface area (Å²) < 4.78 is 58.7. The van der Waals surface area contributed by atoms with Gasteiger partial charge in [0.1, 0.15) is 11.8 Å². The first-order valence-corrected chi connectivity index (χ1v) is 13.2. The van der Waals surface area contributed by atoms with Gasteiger partial charge in [-0.2, -0.15) is 13.2 Å². The number of fused-ring (bicyclic) bond motifs is 5. The predicted molar refractivity (Wildman–Crippen MR) is 131 cm³/mol. The lowest BCUT2D eigenvalue weighted by Crippen LogP contribution is -2.68. The monoisotopic (exact) mass is 533 g/mol. The van der Waals surface area contributed by atoms with E-state index >= 15 is 0 Å². The lowest BCUT2D eigenvalue weighted by atomic mass is 9.59. The molecule has 1 N–H and O–H groups in total. The Morgan fingerprint density at radius 1 is 1.18 bits per heavy atom. The van der Waals surface area contributed by atoms with Gasteiger partial charge >= 0.3 is 6.18 Å². The highest BCUT2D eigenvalue weighted by atomic mass is 19.4. The van der Waals surface area contributed by atoms with Crippen LogP contribution in [-0.2, 0) is 20.4 Å². The van der Waals surface area contributed by atoms with Gasteiger partial charge in [0.25, 0.3) is 0 Å². The lowest BCUT2D eigenvalue weighted by Gasteiger charge is -2.52. The molecule has 1 aromatic rings. The number of aliphatic hydroxyl groups is 1. The second-order valence-electron chi connectivity index (χ2n) is 12.8. The van der Waals surface area contributed by atoms with E-state index in [4.69, 9.17) is 14.2 Å². The molecule has 3 fully saturated rings. The first-order valence-electron chi connectivity index (χ1n) is 13.2. The van der Waals surface area contributed by atoms with Gasteiger partial charge in [0.2, 0.25) is 5.88 Å². The molecule has 5 aliphatic rings. The van der Waals surface area contributed by atoms with Crippen molar-refractivity contribution in [1.82, 2.24) is 4.98 Å². The number of ketones is 1. The molecule has 1 spiro atoms. The zero-order valence-electron chi connectivity index (χ0n) is 22.4. The number of aromatic nitrogens is 1. The molecule has 8 atom stereocenters. The Labute approximate surface area is 220 Å². The number of ether oxygens (including phenoxy) is 3. The second-order valence-corrected chi connectivity index (χ2v) is 12.8. The Bertz CT molecular complexity index is 1270. The molecule has 0 aromatic carbocycles. The van der Waals surface area contributed by atoms with Gasteiger partial charge in [-0.25, -0.2) is 4.98 Å². The van der Waals surface area contributed by atoms with Crippen molar-refractivity contribution in [3.8, 4) is 5.88 Å². The van der Waals surface area contributed by atoms with Gasteiger partial charge in [0, 0.05) is 12.0 Å². The number of carbonyl (C=O) groups excluding carboxylic acids is 1. The highest BCUT2D eigenvalue weighted by Crippen LogP contribution is 2.72. The highest BCUT2D eigenvalue weighted by molar-refractivity contribution is 5.95. The van der Waals surface area contributed by atoms with E-state index in [-0.39, 0.29) is 35.5 Å². The summed E-state index contributed by atoms with van der Waals surface area (Å²) in [5, 5.41) is 13.0. The van der Waals surface area contributed by atoms with Crippen molar-refractivity contribution in [2.24, 2.45) is 34.5 Å². The summed E-state index contributed by atoms with van der Waals surface area (Å²) in [5.74, 6) is -1.69. The summed E-state index contributed by atoms with van der Waals surface area (Å²) in [6.45, 7) is 11.8. The maximum atomic E-state index is 14.7. The van der Waals surface area contributed by atoms with Gasteiger partial charge in [-0.1, -0.05) is 39.0 Å². The van der Waals surface area contributed by atoms with E-state index < -0.39 is 46.8 Å². The van der Waals surface area contributed by atoms with Crippen molar-refractivity contribution in [1.29, 1.82) is 0 Å². The van der Waals surface area contributed by atoms with E-state index in [0.717, 1.165) is 12.5 Å². The van der Waals surface area contributed by atoms with Crippen LogP contribution in [0.1, 0.15) is 53.7 Å². The molecular formula is C29H34F3NO5. The Morgan fingerprint density at radius 2 is 1.89 bits per heavy atom. The molecular weight excluding hydrogens is 499 g/mol. The fourth-order valence-electron chi connectivity index (χ4n) is 8.06. The lowest BCUT2D eigenvalue weighted by molar-refractivity contribution is -0.301. The molecule has 9 heteroatoms. The minimum Gasteiger partial charge on any atom is -0.467 e. The van der Waals surface area contributed by atoms with Crippen LogP contribution < -0.4 is 4.74 Å². The van der Waals surface area contributed by atoms with Crippen molar-refractivity contribution >= 4 is 5.78 Å². The largest absolute Gasteiger partial charge is 0.467 e. The smallest absolute Gasteiger partial charge is 0.433 e. The summed E-state index contributed by atoms with van der Waals surface area (Å²) in [6.07, 6.45) is -2.30. The number of hydrogen-bond acceptors (Lipinski definition) is 6. The topological polar surface area (TPSA) is 77.9 Å². The van der Waals surface area contributed by atoms with E-state index in [1.807, 2.05) is 19.1 Å². The van der Waals surface area contributed by atoms with Gasteiger partial charge in [-0.3, -0.25) is 4.79 Å². The van der Waals surface area contributed by atoms with Gasteiger partial charge in [-0.15, -0.1) is 0 Å². The Balaban J connectivity index is 1.52. The molecule has 0 radical (unpaired) electrons. The first-order chi connectivity index (χ1) is 17.5. The van der Waals surface area contributed by atoms with Crippen molar-refractivity contribution in [2.45, 2.75) is 77.7 Å². The van der Waals surface area contributed by atoms with E-state index in [0.29, 0.717) is 17.1 Å². The summed E-state index contributed by atoms with van der Waals surface area (Å²) in [5.41, 5.74) is -3.16. The number of Topliss-reactive ketones (excluding diaryl/α,β-unsaturated/α-hetero) is 1. The predicted octanol–water partition coefficient (Wildman–Crippen LogP) is 5.11. The van der Waals surface area contributed by atoms with Crippen LogP contribution in [0.3, 0.4) is 0 Å². The van der Waals surface area contributed by atoms with Crippen LogP contribution in [0.2, 0.25) is 0 Å². The molecule has 2 saturated carbocycles. The normalized spacial score (nSPS) is 42.5. The van der Waals surface area contributed by atoms with E-state index in [2.05, 4.69) is 18.8 Å². The van der Waals surface area contributed by atoms with Gasteiger partial charge in [-0.05, 0) is 67.6 Å². The summed E-state index contributed by atoms with van der Waals surface area (Å²) in [7, 11) is 0. The van der Waals surface area contributed by atoms with Crippen molar-refractivity contribution in [3.05, 3.63) is 47.2 Å². The summed E-state index contributed by atoms with van der Waals surface area (Å²) in [4.78, 5) is 18.3. The molecule has 0 amide bonds. The highest BCUT2D eigenvalue weighted by Gasteiger charge is 2.77. The molecule has 6 rings (SSSR count). The first kappa shape index (κ1) is 26.0. The Hall–Kier alpha value is -2.23. The average molecular weight is 534 g/mol. The van der Waals surface area contributed by atoms with E-state index in [1.54, 1.807) is 20.8 Å². The van der Waals surface area contributed by atoms with Crippen LogP contribution in [0.25, 0.3) is 0 Å². The number of nitrogens with zero attached hydrogens (tertiary/aromatic N) is 1. The number of carbonyl (C=O) groups is 1. The maximum Gasteiger partial charge on any atom is 0.433 e. The third-order valence-corrected chi connectivity index (χ3v) is 9.92. The molecule has 2 heterocycles.